The van der Waals surface area contributed by atoms with Gasteiger partial charge in [0, 0.05) is 25.0 Å². The summed E-state index contributed by atoms with van der Waals surface area (Å²) < 4.78 is 0. The van der Waals surface area contributed by atoms with Crippen LogP contribution in [0.3, 0.4) is 0 Å². The number of nitrogens with zero attached hydrogens (tertiary/aromatic N) is 1. The molecule has 2 aliphatic rings. The summed E-state index contributed by atoms with van der Waals surface area (Å²) in [6.07, 6.45) is 5.47. The molecule has 0 spiro atoms. The quantitative estimate of drug-likeness (QED) is 0.708. The van der Waals surface area contributed by atoms with Crippen molar-refractivity contribution in [3.63, 3.8) is 0 Å². The standard InChI is InChI=1S/C11H20N2OS/c14-11(4-7-15)12-9-3-6-13-5-1-2-10(13)8-9/h9-10,15H,1-8H2,(H,12,14). The Morgan fingerprint density at radius 2 is 2.27 bits per heavy atom. The van der Waals surface area contributed by atoms with Gasteiger partial charge in [0.05, 0.1) is 0 Å². The lowest BCUT2D eigenvalue weighted by Crippen LogP contribution is -2.47. The van der Waals surface area contributed by atoms with Gasteiger partial charge in [-0.2, -0.15) is 12.6 Å². The number of rotatable bonds is 3. The van der Waals surface area contributed by atoms with Gasteiger partial charge in [-0.15, -0.1) is 0 Å². The van der Waals surface area contributed by atoms with Crippen molar-refractivity contribution in [2.45, 2.75) is 44.2 Å². The van der Waals surface area contributed by atoms with Gasteiger partial charge in [-0.3, -0.25) is 4.79 Å². The Labute approximate surface area is 97.0 Å². The van der Waals surface area contributed by atoms with Crippen LogP contribution in [0.25, 0.3) is 0 Å². The minimum atomic E-state index is 0.168. The van der Waals surface area contributed by atoms with Crippen LogP contribution in [0.2, 0.25) is 0 Å². The zero-order valence-corrected chi connectivity index (χ0v) is 10.0. The fraction of sp³-hybridized carbons (Fsp3) is 0.909. The van der Waals surface area contributed by atoms with E-state index < -0.39 is 0 Å². The Morgan fingerprint density at radius 1 is 1.40 bits per heavy atom. The SMILES string of the molecule is O=C(CCS)NC1CCN2CCCC2C1. The molecule has 0 radical (unpaired) electrons. The average molecular weight is 228 g/mol. The first kappa shape index (κ1) is 11.3. The number of carbonyl (C=O) groups is 1. The van der Waals surface area contributed by atoms with E-state index in [0.29, 0.717) is 18.2 Å². The summed E-state index contributed by atoms with van der Waals surface area (Å²) in [4.78, 5) is 14.0. The van der Waals surface area contributed by atoms with E-state index in [1.165, 1.54) is 19.4 Å². The lowest BCUT2D eigenvalue weighted by molar-refractivity contribution is -0.121. The van der Waals surface area contributed by atoms with E-state index >= 15 is 0 Å². The first-order chi connectivity index (χ1) is 7.29. The van der Waals surface area contributed by atoms with Gasteiger partial charge in [0.15, 0.2) is 0 Å². The lowest BCUT2D eigenvalue weighted by atomic mass is 9.97. The molecule has 86 valence electrons. The Balaban J connectivity index is 1.77. The Morgan fingerprint density at radius 3 is 3.07 bits per heavy atom. The number of nitrogens with one attached hydrogen (secondary N) is 1. The molecule has 0 bridgehead atoms. The van der Waals surface area contributed by atoms with Crippen molar-refractivity contribution in [2.75, 3.05) is 18.8 Å². The topological polar surface area (TPSA) is 32.3 Å². The minimum absolute atomic E-state index is 0.168. The molecule has 2 saturated heterocycles. The summed E-state index contributed by atoms with van der Waals surface area (Å²) in [6.45, 7) is 2.43. The fourth-order valence-electron chi connectivity index (χ4n) is 2.76. The normalized spacial score (nSPS) is 31.3. The summed E-state index contributed by atoms with van der Waals surface area (Å²) in [7, 11) is 0. The highest BCUT2D eigenvalue weighted by Crippen LogP contribution is 2.26. The molecule has 0 saturated carbocycles. The summed E-state index contributed by atoms with van der Waals surface area (Å²) in [6, 6.07) is 1.15. The zero-order chi connectivity index (χ0) is 10.7. The van der Waals surface area contributed by atoms with Crippen LogP contribution in [0.5, 0.6) is 0 Å². The number of hydrogen-bond acceptors (Lipinski definition) is 3. The third-order valence-electron chi connectivity index (χ3n) is 3.52. The Kier molecular flexibility index (Phi) is 3.92. The summed E-state index contributed by atoms with van der Waals surface area (Å²) >= 11 is 4.07. The van der Waals surface area contributed by atoms with Gasteiger partial charge in [-0.1, -0.05) is 0 Å². The number of fused-ring (bicyclic) bond motifs is 1. The van der Waals surface area contributed by atoms with E-state index in [1.54, 1.807) is 0 Å². The van der Waals surface area contributed by atoms with Crippen LogP contribution in [0.15, 0.2) is 0 Å². The van der Waals surface area contributed by atoms with Crippen molar-refractivity contribution in [3.8, 4) is 0 Å². The van der Waals surface area contributed by atoms with Gasteiger partial charge >= 0.3 is 0 Å². The molecule has 4 heteroatoms. The maximum absolute atomic E-state index is 11.4. The Bertz CT molecular complexity index is 235. The van der Waals surface area contributed by atoms with E-state index in [9.17, 15) is 4.79 Å². The fourth-order valence-corrected chi connectivity index (χ4v) is 2.96. The number of carbonyl (C=O) groups excluding carboxylic acids is 1. The van der Waals surface area contributed by atoms with Crippen molar-refractivity contribution < 1.29 is 4.79 Å². The van der Waals surface area contributed by atoms with Gasteiger partial charge in [-0.25, -0.2) is 0 Å². The molecule has 2 rings (SSSR count). The van der Waals surface area contributed by atoms with Crippen LogP contribution in [0.4, 0.5) is 0 Å². The molecule has 1 N–H and O–H groups in total. The summed E-state index contributed by atoms with van der Waals surface area (Å²) in [5.41, 5.74) is 0. The molecule has 0 aromatic rings. The average Bonchev–Trinajstić information content (AvgIpc) is 2.65. The van der Waals surface area contributed by atoms with Gasteiger partial charge in [0.25, 0.3) is 0 Å². The van der Waals surface area contributed by atoms with Crippen molar-refractivity contribution in [1.82, 2.24) is 10.2 Å². The summed E-state index contributed by atoms with van der Waals surface area (Å²) in [5, 5.41) is 3.12. The highest BCUT2D eigenvalue weighted by molar-refractivity contribution is 7.80. The molecule has 1 amide bonds. The molecular weight excluding hydrogens is 208 g/mol. The first-order valence-corrected chi connectivity index (χ1v) is 6.57. The molecule has 2 atom stereocenters. The van der Waals surface area contributed by atoms with Crippen LogP contribution >= 0.6 is 12.6 Å². The molecule has 2 unspecified atom stereocenters. The van der Waals surface area contributed by atoms with Gasteiger partial charge in [0.2, 0.25) is 5.91 Å². The smallest absolute Gasteiger partial charge is 0.221 e. The van der Waals surface area contributed by atoms with Crippen LogP contribution in [-0.4, -0.2) is 41.7 Å². The van der Waals surface area contributed by atoms with Crippen molar-refractivity contribution >= 4 is 18.5 Å². The molecule has 2 heterocycles. The van der Waals surface area contributed by atoms with Gasteiger partial charge in [-0.05, 0) is 38.0 Å². The van der Waals surface area contributed by atoms with Crippen LogP contribution in [0, 0.1) is 0 Å². The first-order valence-electron chi connectivity index (χ1n) is 5.94. The largest absolute Gasteiger partial charge is 0.353 e. The molecule has 2 aliphatic heterocycles. The predicted molar refractivity (Wildman–Crippen MR) is 64.2 cm³/mol. The third-order valence-corrected chi connectivity index (χ3v) is 3.75. The zero-order valence-electron chi connectivity index (χ0n) is 9.11. The highest BCUT2D eigenvalue weighted by Gasteiger charge is 2.31. The van der Waals surface area contributed by atoms with E-state index in [0.717, 1.165) is 25.4 Å². The Hall–Kier alpha value is -0.220. The maximum Gasteiger partial charge on any atom is 0.221 e. The minimum Gasteiger partial charge on any atom is -0.353 e. The summed E-state index contributed by atoms with van der Waals surface area (Å²) in [5.74, 6) is 0.815. The van der Waals surface area contributed by atoms with Crippen molar-refractivity contribution in [1.29, 1.82) is 0 Å². The molecule has 0 aliphatic carbocycles. The lowest BCUT2D eigenvalue weighted by Gasteiger charge is -2.35. The molecule has 0 aromatic carbocycles. The predicted octanol–water partition coefficient (Wildman–Crippen LogP) is 1.05. The van der Waals surface area contributed by atoms with E-state index in [-0.39, 0.29) is 5.91 Å². The molecule has 2 fully saturated rings. The molecular formula is C11H20N2OS. The molecule has 3 nitrogen and oxygen atoms in total. The second-order valence-electron chi connectivity index (χ2n) is 4.59. The number of amides is 1. The second-order valence-corrected chi connectivity index (χ2v) is 5.04. The number of hydrogen-bond donors (Lipinski definition) is 2. The number of thiol groups is 1. The molecule has 15 heavy (non-hydrogen) atoms. The second kappa shape index (κ2) is 5.21. The van der Waals surface area contributed by atoms with Gasteiger partial charge < -0.3 is 10.2 Å². The maximum atomic E-state index is 11.4. The monoisotopic (exact) mass is 228 g/mol. The van der Waals surface area contributed by atoms with E-state index in [1.807, 2.05) is 0 Å². The highest BCUT2D eigenvalue weighted by atomic mass is 32.1. The molecule has 0 aromatic heterocycles. The van der Waals surface area contributed by atoms with Crippen molar-refractivity contribution in [3.05, 3.63) is 0 Å². The van der Waals surface area contributed by atoms with E-state index in [2.05, 4.69) is 22.8 Å². The third kappa shape index (κ3) is 2.88. The van der Waals surface area contributed by atoms with Crippen LogP contribution < -0.4 is 5.32 Å². The number of piperidine rings is 1. The van der Waals surface area contributed by atoms with Crippen LogP contribution in [-0.2, 0) is 4.79 Å². The van der Waals surface area contributed by atoms with Crippen molar-refractivity contribution in [2.24, 2.45) is 0 Å². The van der Waals surface area contributed by atoms with Crippen LogP contribution in [0.1, 0.15) is 32.1 Å². The van der Waals surface area contributed by atoms with E-state index in [4.69, 9.17) is 0 Å². The van der Waals surface area contributed by atoms with Gasteiger partial charge in [0.1, 0.15) is 0 Å².